The maximum absolute atomic E-state index is 4.72. The van der Waals surface area contributed by atoms with Crippen molar-refractivity contribution >= 4 is 35.6 Å². The lowest BCUT2D eigenvalue weighted by Gasteiger charge is -2.25. The highest BCUT2D eigenvalue weighted by molar-refractivity contribution is 14.0. The lowest BCUT2D eigenvalue weighted by atomic mass is 10.1. The first-order valence-electron chi connectivity index (χ1n) is 9.46. The van der Waals surface area contributed by atoms with Crippen LogP contribution >= 0.6 is 24.0 Å². The summed E-state index contributed by atoms with van der Waals surface area (Å²) in [7, 11) is 0. The highest BCUT2D eigenvalue weighted by atomic mass is 127. The number of hydrogen-bond acceptors (Lipinski definition) is 5. The molecule has 9 nitrogen and oxygen atoms in total. The predicted octanol–water partition coefficient (Wildman–Crippen LogP) is 1.36. The molecule has 0 radical (unpaired) electrons. The van der Waals surface area contributed by atoms with Crippen LogP contribution in [0.25, 0.3) is 5.65 Å². The van der Waals surface area contributed by atoms with Gasteiger partial charge in [0.15, 0.2) is 11.6 Å². The van der Waals surface area contributed by atoms with Gasteiger partial charge in [0.1, 0.15) is 17.5 Å². The Morgan fingerprint density at radius 2 is 2.21 bits per heavy atom. The van der Waals surface area contributed by atoms with Crippen molar-refractivity contribution in [3.63, 3.8) is 0 Å². The molecule has 4 rings (SSSR count). The summed E-state index contributed by atoms with van der Waals surface area (Å²) in [6.45, 7) is 6.29. The zero-order valence-electron chi connectivity index (χ0n) is 16.2. The van der Waals surface area contributed by atoms with Gasteiger partial charge >= 0.3 is 0 Å². The van der Waals surface area contributed by atoms with Crippen LogP contribution in [0.1, 0.15) is 30.8 Å². The minimum Gasteiger partial charge on any atom is -0.357 e. The molecule has 0 aliphatic carbocycles. The van der Waals surface area contributed by atoms with Gasteiger partial charge in [0.25, 0.3) is 0 Å². The topological polar surface area (TPSA) is 97.3 Å². The molecule has 0 saturated heterocycles. The van der Waals surface area contributed by atoms with Gasteiger partial charge in [0.05, 0.1) is 6.54 Å². The molecule has 0 fully saturated rings. The molecule has 10 heteroatoms. The third-order valence-electron chi connectivity index (χ3n) is 4.64. The van der Waals surface area contributed by atoms with Crippen LogP contribution < -0.4 is 10.6 Å². The second kappa shape index (κ2) is 9.30. The number of rotatable bonds is 5. The van der Waals surface area contributed by atoms with Gasteiger partial charge in [-0.05, 0) is 32.4 Å². The van der Waals surface area contributed by atoms with Gasteiger partial charge in [-0.2, -0.15) is 5.10 Å². The molecule has 4 heterocycles. The Kier molecular flexibility index (Phi) is 6.81. The molecule has 0 amide bonds. The standard InChI is InChI=1S/C18H25N9.HI/c1-3-19-18(22-14-7-8-15-21-13(2)25-27(15)12-14)20-10-9-17-24-23-16-6-4-5-11-26(16)17;/h4-6,11,14H,3,7-10,12H2,1-2H3,(H2,19,20,22);1H. The summed E-state index contributed by atoms with van der Waals surface area (Å²) < 4.78 is 4.01. The van der Waals surface area contributed by atoms with E-state index in [4.69, 9.17) is 4.99 Å². The van der Waals surface area contributed by atoms with Crippen molar-refractivity contribution in [1.82, 2.24) is 40.0 Å². The highest BCUT2D eigenvalue weighted by Crippen LogP contribution is 2.12. The van der Waals surface area contributed by atoms with Gasteiger partial charge in [-0.1, -0.05) is 6.07 Å². The maximum Gasteiger partial charge on any atom is 0.191 e. The summed E-state index contributed by atoms with van der Waals surface area (Å²) in [4.78, 5) is 9.19. The van der Waals surface area contributed by atoms with Crippen molar-refractivity contribution < 1.29 is 0 Å². The van der Waals surface area contributed by atoms with Crippen LogP contribution in [0.4, 0.5) is 0 Å². The van der Waals surface area contributed by atoms with Crippen molar-refractivity contribution in [1.29, 1.82) is 0 Å². The minimum atomic E-state index is 0. The first-order chi connectivity index (χ1) is 13.2. The number of aryl methyl sites for hydroxylation is 2. The molecule has 0 spiro atoms. The van der Waals surface area contributed by atoms with Crippen LogP contribution in [0, 0.1) is 6.92 Å². The third kappa shape index (κ3) is 4.59. The first-order valence-corrected chi connectivity index (χ1v) is 9.46. The lowest BCUT2D eigenvalue weighted by molar-refractivity contribution is 0.392. The second-order valence-corrected chi connectivity index (χ2v) is 6.69. The molecule has 1 aliphatic heterocycles. The second-order valence-electron chi connectivity index (χ2n) is 6.69. The lowest BCUT2D eigenvalue weighted by Crippen LogP contribution is -2.47. The number of hydrogen-bond donors (Lipinski definition) is 2. The van der Waals surface area contributed by atoms with Crippen LogP contribution in [-0.2, 0) is 19.4 Å². The number of aliphatic imine (C=N–C) groups is 1. The Labute approximate surface area is 181 Å². The Balaban J connectivity index is 0.00000225. The number of nitrogens with zero attached hydrogens (tertiary/aromatic N) is 7. The fraction of sp³-hybridized carbons (Fsp3) is 0.500. The maximum atomic E-state index is 4.72. The molecule has 0 saturated carbocycles. The Bertz CT molecular complexity index is 946. The third-order valence-corrected chi connectivity index (χ3v) is 4.64. The number of fused-ring (bicyclic) bond motifs is 2. The van der Waals surface area contributed by atoms with Crippen LogP contribution in [-0.4, -0.2) is 54.5 Å². The summed E-state index contributed by atoms with van der Waals surface area (Å²) in [5.41, 5.74) is 0.864. The fourth-order valence-corrected chi connectivity index (χ4v) is 3.39. The summed E-state index contributed by atoms with van der Waals surface area (Å²) in [6, 6.07) is 6.20. The van der Waals surface area contributed by atoms with Crippen LogP contribution in [0.2, 0.25) is 0 Å². The van der Waals surface area contributed by atoms with Gasteiger partial charge in [-0.15, -0.1) is 34.2 Å². The van der Waals surface area contributed by atoms with E-state index in [1.165, 1.54) is 0 Å². The van der Waals surface area contributed by atoms with Crippen LogP contribution in [0.3, 0.4) is 0 Å². The SMILES string of the molecule is CCNC(=NCCc1nnc2ccccn12)NC1CCc2nc(C)nn2C1.I. The summed E-state index contributed by atoms with van der Waals surface area (Å²) in [6.07, 6.45) is 4.68. The van der Waals surface area contributed by atoms with E-state index in [9.17, 15) is 0 Å². The van der Waals surface area contributed by atoms with E-state index in [1.54, 1.807) is 0 Å². The van der Waals surface area contributed by atoms with Crippen molar-refractivity contribution in [3.8, 4) is 0 Å². The molecular formula is C18H26IN9. The van der Waals surface area contributed by atoms with E-state index in [-0.39, 0.29) is 24.0 Å². The van der Waals surface area contributed by atoms with E-state index in [0.717, 1.165) is 61.4 Å². The van der Waals surface area contributed by atoms with E-state index >= 15 is 0 Å². The zero-order chi connectivity index (χ0) is 18.6. The molecule has 0 aromatic carbocycles. The van der Waals surface area contributed by atoms with Gasteiger partial charge in [0, 0.05) is 38.2 Å². The predicted molar refractivity (Wildman–Crippen MR) is 118 cm³/mol. The average molecular weight is 495 g/mol. The van der Waals surface area contributed by atoms with Crippen LogP contribution in [0.5, 0.6) is 0 Å². The minimum absolute atomic E-state index is 0. The van der Waals surface area contributed by atoms with Gasteiger partial charge in [0.2, 0.25) is 0 Å². The van der Waals surface area contributed by atoms with Crippen molar-refractivity contribution in [2.24, 2.45) is 4.99 Å². The number of halogens is 1. The van der Waals surface area contributed by atoms with Gasteiger partial charge < -0.3 is 10.6 Å². The number of aromatic nitrogens is 6. The van der Waals surface area contributed by atoms with E-state index in [0.29, 0.717) is 12.6 Å². The van der Waals surface area contributed by atoms with Crippen molar-refractivity contribution in [2.45, 2.75) is 45.7 Å². The summed E-state index contributed by atoms with van der Waals surface area (Å²) in [5, 5.41) is 19.8. The molecule has 0 bridgehead atoms. The van der Waals surface area contributed by atoms with E-state index in [1.807, 2.05) is 40.4 Å². The number of nitrogens with one attached hydrogen (secondary N) is 2. The van der Waals surface area contributed by atoms with Crippen molar-refractivity contribution in [3.05, 3.63) is 41.9 Å². The van der Waals surface area contributed by atoms with Gasteiger partial charge in [-0.25, -0.2) is 9.67 Å². The number of guanidine groups is 1. The van der Waals surface area contributed by atoms with E-state index in [2.05, 4.69) is 37.8 Å². The molecule has 3 aromatic rings. The van der Waals surface area contributed by atoms with E-state index < -0.39 is 0 Å². The molecular weight excluding hydrogens is 469 g/mol. The quantitative estimate of drug-likeness (QED) is 0.315. The molecule has 150 valence electrons. The van der Waals surface area contributed by atoms with Gasteiger partial charge in [-0.3, -0.25) is 9.39 Å². The number of pyridine rings is 1. The largest absolute Gasteiger partial charge is 0.357 e. The molecule has 1 atom stereocenters. The molecule has 2 N–H and O–H groups in total. The summed E-state index contributed by atoms with van der Waals surface area (Å²) in [5.74, 6) is 3.67. The fourth-order valence-electron chi connectivity index (χ4n) is 3.39. The molecule has 1 aliphatic rings. The Morgan fingerprint density at radius 3 is 3.07 bits per heavy atom. The zero-order valence-corrected chi connectivity index (χ0v) is 18.5. The average Bonchev–Trinajstić information content (AvgIpc) is 3.24. The monoisotopic (exact) mass is 495 g/mol. The van der Waals surface area contributed by atoms with Crippen LogP contribution in [0.15, 0.2) is 29.4 Å². The Hall–Kier alpha value is -2.24. The smallest absolute Gasteiger partial charge is 0.191 e. The molecule has 3 aromatic heterocycles. The van der Waals surface area contributed by atoms with Crippen molar-refractivity contribution in [2.75, 3.05) is 13.1 Å². The highest BCUT2D eigenvalue weighted by Gasteiger charge is 2.21. The summed E-state index contributed by atoms with van der Waals surface area (Å²) >= 11 is 0. The normalized spacial score (nSPS) is 16.5. The molecule has 1 unspecified atom stereocenters. The first kappa shape index (κ1) is 20.5. The Morgan fingerprint density at radius 1 is 1.32 bits per heavy atom. The molecule has 28 heavy (non-hydrogen) atoms.